The SMILES string of the molecule is CCCn1ncnc1NC1CCN(c2nccc(C3CCOCC3)n2)C1. The van der Waals surface area contributed by atoms with Gasteiger partial charge in [0.1, 0.15) is 6.33 Å². The van der Waals surface area contributed by atoms with Crippen molar-refractivity contribution in [3.63, 3.8) is 0 Å². The Morgan fingerprint density at radius 1 is 1.23 bits per heavy atom. The average Bonchev–Trinajstić information content (AvgIpc) is 3.33. The van der Waals surface area contributed by atoms with Crippen molar-refractivity contribution in [2.24, 2.45) is 0 Å². The Bertz CT molecular complexity index is 713. The van der Waals surface area contributed by atoms with E-state index in [2.05, 4.69) is 38.3 Å². The summed E-state index contributed by atoms with van der Waals surface area (Å²) in [6.45, 7) is 6.53. The second-order valence-corrected chi connectivity index (χ2v) is 7.05. The molecule has 0 spiro atoms. The molecule has 0 saturated carbocycles. The Balaban J connectivity index is 1.39. The Morgan fingerprint density at radius 2 is 2.12 bits per heavy atom. The summed E-state index contributed by atoms with van der Waals surface area (Å²) in [7, 11) is 0. The van der Waals surface area contributed by atoms with Crippen molar-refractivity contribution in [1.29, 1.82) is 0 Å². The first-order chi connectivity index (χ1) is 12.8. The van der Waals surface area contributed by atoms with E-state index >= 15 is 0 Å². The molecule has 1 unspecified atom stereocenters. The number of anilines is 2. The lowest BCUT2D eigenvalue weighted by Gasteiger charge is -2.23. The van der Waals surface area contributed by atoms with Gasteiger partial charge in [-0.3, -0.25) is 0 Å². The monoisotopic (exact) mass is 357 g/mol. The highest BCUT2D eigenvalue weighted by molar-refractivity contribution is 5.36. The molecule has 4 rings (SSSR count). The van der Waals surface area contributed by atoms with Gasteiger partial charge in [-0.25, -0.2) is 14.6 Å². The second-order valence-electron chi connectivity index (χ2n) is 7.05. The van der Waals surface area contributed by atoms with Gasteiger partial charge >= 0.3 is 0 Å². The first kappa shape index (κ1) is 17.2. The van der Waals surface area contributed by atoms with E-state index in [4.69, 9.17) is 9.72 Å². The molecule has 8 nitrogen and oxygen atoms in total. The summed E-state index contributed by atoms with van der Waals surface area (Å²) in [6, 6.07) is 2.39. The van der Waals surface area contributed by atoms with Crippen LogP contribution in [0.25, 0.3) is 0 Å². The molecule has 0 bridgehead atoms. The van der Waals surface area contributed by atoms with Gasteiger partial charge in [-0.2, -0.15) is 10.1 Å². The van der Waals surface area contributed by atoms with E-state index in [9.17, 15) is 0 Å². The number of rotatable bonds is 6. The highest BCUT2D eigenvalue weighted by atomic mass is 16.5. The van der Waals surface area contributed by atoms with Gasteiger partial charge in [0.05, 0.1) is 0 Å². The van der Waals surface area contributed by atoms with Crippen LogP contribution in [0.4, 0.5) is 11.9 Å². The van der Waals surface area contributed by atoms with Crippen LogP contribution >= 0.6 is 0 Å². The molecule has 26 heavy (non-hydrogen) atoms. The number of hydrogen-bond donors (Lipinski definition) is 1. The van der Waals surface area contributed by atoms with E-state index in [-0.39, 0.29) is 0 Å². The fourth-order valence-electron chi connectivity index (χ4n) is 3.73. The molecule has 2 aromatic heterocycles. The van der Waals surface area contributed by atoms with E-state index in [1.807, 2.05) is 10.9 Å². The fraction of sp³-hybridized carbons (Fsp3) is 0.667. The lowest BCUT2D eigenvalue weighted by Crippen LogP contribution is -2.28. The number of nitrogens with zero attached hydrogens (tertiary/aromatic N) is 6. The zero-order valence-corrected chi connectivity index (χ0v) is 15.3. The van der Waals surface area contributed by atoms with Crippen molar-refractivity contribution >= 4 is 11.9 Å². The third kappa shape index (κ3) is 3.80. The van der Waals surface area contributed by atoms with E-state index in [0.717, 1.165) is 76.1 Å². The van der Waals surface area contributed by atoms with Crippen LogP contribution in [0.3, 0.4) is 0 Å². The van der Waals surface area contributed by atoms with Crippen LogP contribution in [0.2, 0.25) is 0 Å². The van der Waals surface area contributed by atoms with Crippen LogP contribution in [-0.2, 0) is 11.3 Å². The smallest absolute Gasteiger partial charge is 0.225 e. The Hall–Kier alpha value is -2.22. The van der Waals surface area contributed by atoms with Crippen LogP contribution in [0.5, 0.6) is 0 Å². The average molecular weight is 357 g/mol. The van der Waals surface area contributed by atoms with Crippen molar-refractivity contribution < 1.29 is 4.74 Å². The molecule has 1 atom stereocenters. The minimum atomic E-state index is 0.338. The molecule has 0 aliphatic carbocycles. The molecule has 2 saturated heterocycles. The maximum absolute atomic E-state index is 5.47. The van der Waals surface area contributed by atoms with Gasteiger partial charge in [0.25, 0.3) is 0 Å². The highest BCUT2D eigenvalue weighted by Crippen LogP contribution is 2.27. The molecule has 2 aromatic rings. The van der Waals surface area contributed by atoms with E-state index in [1.165, 1.54) is 0 Å². The number of aromatic nitrogens is 5. The third-order valence-electron chi connectivity index (χ3n) is 5.16. The summed E-state index contributed by atoms with van der Waals surface area (Å²) in [5.41, 5.74) is 1.15. The summed E-state index contributed by atoms with van der Waals surface area (Å²) in [6.07, 6.45) is 7.70. The Morgan fingerprint density at radius 3 is 2.96 bits per heavy atom. The molecule has 0 amide bonds. The number of hydrogen-bond acceptors (Lipinski definition) is 7. The number of nitrogens with one attached hydrogen (secondary N) is 1. The van der Waals surface area contributed by atoms with Gasteiger partial charge in [0.2, 0.25) is 11.9 Å². The van der Waals surface area contributed by atoms with Gasteiger partial charge in [-0.15, -0.1) is 0 Å². The predicted octanol–water partition coefficient (Wildman–Crippen LogP) is 2.06. The Kier molecular flexibility index (Phi) is 5.29. The van der Waals surface area contributed by atoms with Gasteiger partial charge in [-0.05, 0) is 31.7 Å². The first-order valence-corrected chi connectivity index (χ1v) is 9.63. The lowest BCUT2D eigenvalue weighted by molar-refractivity contribution is 0.0845. The van der Waals surface area contributed by atoms with E-state index in [1.54, 1.807) is 6.33 Å². The van der Waals surface area contributed by atoms with Crippen molar-refractivity contribution in [2.75, 3.05) is 36.5 Å². The summed E-state index contributed by atoms with van der Waals surface area (Å²) in [4.78, 5) is 16.0. The largest absolute Gasteiger partial charge is 0.381 e. The zero-order chi connectivity index (χ0) is 17.8. The van der Waals surface area contributed by atoms with Crippen molar-refractivity contribution in [2.45, 2.75) is 51.1 Å². The molecule has 2 aliphatic rings. The fourth-order valence-corrected chi connectivity index (χ4v) is 3.73. The quantitative estimate of drug-likeness (QED) is 0.847. The van der Waals surface area contributed by atoms with Crippen molar-refractivity contribution in [3.8, 4) is 0 Å². The van der Waals surface area contributed by atoms with E-state index in [0.29, 0.717) is 12.0 Å². The highest BCUT2D eigenvalue weighted by Gasteiger charge is 2.26. The summed E-state index contributed by atoms with van der Waals surface area (Å²) in [5.74, 6) is 2.19. The van der Waals surface area contributed by atoms with Crippen LogP contribution in [0, 0.1) is 0 Å². The molecule has 0 aromatic carbocycles. The number of aryl methyl sites for hydroxylation is 1. The predicted molar refractivity (Wildman–Crippen MR) is 99.4 cm³/mol. The summed E-state index contributed by atoms with van der Waals surface area (Å²) in [5, 5.41) is 7.81. The second kappa shape index (κ2) is 7.99. The molecule has 4 heterocycles. The molecule has 1 N–H and O–H groups in total. The lowest BCUT2D eigenvalue weighted by atomic mass is 9.96. The van der Waals surface area contributed by atoms with Crippen molar-refractivity contribution in [1.82, 2.24) is 24.7 Å². The zero-order valence-electron chi connectivity index (χ0n) is 15.3. The first-order valence-electron chi connectivity index (χ1n) is 9.63. The molecule has 8 heteroatoms. The molecule has 0 radical (unpaired) electrons. The standard InChI is InChI=1S/C18H27N7O/c1-2-8-25-18(20-13-21-25)22-15-4-9-24(12-15)17-19-7-3-16(23-17)14-5-10-26-11-6-14/h3,7,13-15H,2,4-6,8-12H2,1H3,(H,20,21,22). The van der Waals surface area contributed by atoms with Crippen LogP contribution < -0.4 is 10.2 Å². The van der Waals surface area contributed by atoms with Crippen LogP contribution in [-0.4, -0.2) is 57.1 Å². The van der Waals surface area contributed by atoms with Gasteiger partial charge in [0.15, 0.2) is 0 Å². The molecule has 2 aliphatic heterocycles. The molecular formula is C18H27N7O. The van der Waals surface area contributed by atoms with Gasteiger partial charge in [-0.1, -0.05) is 6.92 Å². The van der Waals surface area contributed by atoms with Crippen molar-refractivity contribution in [3.05, 3.63) is 24.3 Å². The van der Waals surface area contributed by atoms with Gasteiger partial charge in [0, 0.05) is 56.7 Å². The molecular weight excluding hydrogens is 330 g/mol. The molecule has 140 valence electrons. The molecule has 2 fully saturated rings. The summed E-state index contributed by atoms with van der Waals surface area (Å²) >= 11 is 0. The minimum absolute atomic E-state index is 0.338. The maximum atomic E-state index is 5.47. The summed E-state index contributed by atoms with van der Waals surface area (Å²) < 4.78 is 7.40. The van der Waals surface area contributed by atoms with Crippen LogP contribution in [0.1, 0.15) is 44.2 Å². The third-order valence-corrected chi connectivity index (χ3v) is 5.16. The minimum Gasteiger partial charge on any atom is -0.381 e. The maximum Gasteiger partial charge on any atom is 0.225 e. The Labute approximate surface area is 154 Å². The van der Waals surface area contributed by atoms with Crippen LogP contribution in [0.15, 0.2) is 18.6 Å². The van der Waals surface area contributed by atoms with Gasteiger partial charge < -0.3 is 15.0 Å². The van der Waals surface area contributed by atoms with E-state index < -0.39 is 0 Å². The number of ether oxygens (including phenoxy) is 1. The topological polar surface area (TPSA) is 81.0 Å². The normalized spacial score (nSPS) is 21.3.